The molecule has 2 aromatic rings. The predicted octanol–water partition coefficient (Wildman–Crippen LogP) is 2.41. The molecule has 0 unspecified atom stereocenters. The average Bonchev–Trinajstić information content (AvgIpc) is 2.55. The Kier molecular flexibility index (Phi) is 4.22. The van der Waals surface area contributed by atoms with Gasteiger partial charge in [-0.25, -0.2) is 0 Å². The van der Waals surface area contributed by atoms with Gasteiger partial charge in [-0.1, -0.05) is 30.3 Å². The topological polar surface area (TPSA) is 107 Å². The number of ether oxygens (including phenoxy) is 1. The molecule has 0 spiro atoms. The molecule has 0 saturated carbocycles. The van der Waals surface area contributed by atoms with Crippen molar-refractivity contribution in [3.05, 3.63) is 47.5 Å². The molecule has 0 radical (unpaired) electrons. The van der Waals surface area contributed by atoms with Crippen molar-refractivity contribution in [2.45, 2.75) is 0 Å². The van der Waals surface area contributed by atoms with E-state index in [1.165, 1.54) is 13.2 Å². The number of carbonyl (C=O) groups excluding carboxylic acids is 1. The van der Waals surface area contributed by atoms with Crippen molar-refractivity contribution in [1.29, 1.82) is 0 Å². The van der Waals surface area contributed by atoms with E-state index in [0.717, 1.165) is 6.08 Å². The maximum atomic E-state index is 12.0. The summed E-state index contributed by atoms with van der Waals surface area (Å²) in [6.45, 7) is 0. The van der Waals surface area contributed by atoms with E-state index < -0.39 is 23.0 Å². The van der Waals surface area contributed by atoms with Crippen LogP contribution in [0.15, 0.2) is 36.4 Å². The van der Waals surface area contributed by atoms with E-state index >= 15 is 0 Å². The highest BCUT2D eigenvalue weighted by Gasteiger charge is 2.22. The van der Waals surface area contributed by atoms with Gasteiger partial charge in [0, 0.05) is 5.56 Å². The summed E-state index contributed by atoms with van der Waals surface area (Å²) in [7, 11) is 1.21. The van der Waals surface area contributed by atoms with Gasteiger partial charge in [-0.05, 0) is 12.2 Å². The molecule has 0 amide bonds. The van der Waals surface area contributed by atoms with Gasteiger partial charge >= 0.3 is 0 Å². The van der Waals surface area contributed by atoms with Gasteiger partial charge in [0.1, 0.15) is 0 Å². The summed E-state index contributed by atoms with van der Waals surface area (Å²) in [6.07, 6.45) is 2.34. The normalized spacial score (nSPS) is 10.8. The van der Waals surface area contributed by atoms with Gasteiger partial charge in [0.25, 0.3) is 0 Å². The number of methoxy groups -OCH3 is 1. The van der Waals surface area contributed by atoms with Crippen LogP contribution in [0.5, 0.6) is 28.7 Å². The standard InChI is InChI=1S/C16H14O6/c1-22-16-10(12(18)13(19)14(20)15(16)21)7-8-11(17)9-5-3-2-4-6-9/h2-8,18-21H,1H3/b8-7+. The molecule has 0 aliphatic rings. The third-order valence-corrected chi connectivity index (χ3v) is 3.05. The molecule has 2 aromatic carbocycles. The van der Waals surface area contributed by atoms with Gasteiger partial charge in [-0.15, -0.1) is 0 Å². The lowest BCUT2D eigenvalue weighted by Gasteiger charge is -2.12. The molecule has 0 fully saturated rings. The summed E-state index contributed by atoms with van der Waals surface area (Å²) in [5, 5.41) is 38.5. The summed E-state index contributed by atoms with van der Waals surface area (Å²) in [6, 6.07) is 8.42. The zero-order valence-corrected chi connectivity index (χ0v) is 11.6. The molecular formula is C16H14O6. The quantitative estimate of drug-likeness (QED) is 0.299. The minimum atomic E-state index is -0.902. The number of allylic oxidation sites excluding steroid dienone is 1. The number of hydrogen-bond donors (Lipinski definition) is 4. The second kappa shape index (κ2) is 6.09. The lowest BCUT2D eigenvalue weighted by atomic mass is 10.1. The molecule has 0 aromatic heterocycles. The third kappa shape index (κ3) is 2.67. The molecule has 0 bridgehead atoms. The first-order chi connectivity index (χ1) is 10.5. The Labute approximate surface area is 126 Å². The molecule has 114 valence electrons. The van der Waals surface area contributed by atoms with Gasteiger partial charge in [-0.3, -0.25) is 4.79 Å². The summed E-state index contributed by atoms with van der Waals surface area (Å²) < 4.78 is 4.89. The lowest BCUT2D eigenvalue weighted by molar-refractivity contribution is 0.104. The van der Waals surface area contributed by atoms with Crippen molar-refractivity contribution in [2.24, 2.45) is 0 Å². The van der Waals surface area contributed by atoms with E-state index in [0.29, 0.717) is 5.56 Å². The fourth-order valence-corrected chi connectivity index (χ4v) is 1.91. The molecule has 0 heterocycles. The molecule has 2 rings (SSSR count). The SMILES string of the molecule is COc1c(O)c(O)c(O)c(O)c1/C=C/C(=O)c1ccccc1. The molecule has 4 N–H and O–H groups in total. The largest absolute Gasteiger partial charge is 0.504 e. The van der Waals surface area contributed by atoms with Crippen LogP contribution in [0.3, 0.4) is 0 Å². The van der Waals surface area contributed by atoms with Crippen molar-refractivity contribution in [3.63, 3.8) is 0 Å². The summed E-state index contributed by atoms with van der Waals surface area (Å²) in [5.74, 6) is -3.83. The van der Waals surface area contributed by atoms with Gasteiger partial charge < -0.3 is 25.2 Å². The number of phenolic OH excluding ortho intramolecular Hbond substituents is 4. The Balaban J connectivity index is 2.45. The number of ketones is 1. The van der Waals surface area contributed by atoms with E-state index in [-0.39, 0.29) is 17.1 Å². The Hall–Kier alpha value is -3.15. The molecule has 6 heteroatoms. The molecule has 6 nitrogen and oxygen atoms in total. The number of hydrogen-bond acceptors (Lipinski definition) is 6. The van der Waals surface area contributed by atoms with Gasteiger partial charge in [0.2, 0.25) is 17.2 Å². The predicted molar refractivity (Wildman–Crippen MR) is 79.5 cm³/mol. The fourth-order valence-electron chi connectivity index (χ4n) is 1.91. The van der Waals surface area contributed by atoms with Crippen LogP contribution in [0.1, 0.15) is 15.9 Å². The second-order valence-corrected chi connectivity index (χ2v) is 4.40. The van der Waals surface area contributed by atoms with E-state index in [4.69, 9.17) is 4.74 Å². The highest BCUT2D eigenvalue weighted by Crippen LogP contribution is 2.51. The highest BCUT2D eigenvalue weighted by molar-refractivity contribution is 6.07. The molecular weight excluding hydrogens is 288 g/mol. The summed E-state index contributed by atoms with van der Waals surface area (Å²) in [5.41, 5.74) is 0.309. The van der Waals surface area contributed by atoms with Crippen molar-refractivity contribution in [1.82, 2.24) is 0 Å². The van der Waals surface area contributed by atoms with Crippen molar-refractivity contribution < 1.29 is 30.0 Å². The van der Waals surface area contributed by atoms with E-state index in [1.807, 2.05) is 0 Å². The van der Waals surface area contributed by atoms with E-state index in [1.54, 1.807) is 30.3 Å². The van der Waals surface area contributed by atoms with Crippen LogP contribution in [0, 0.1) is 0 Å². The first kappa shape index (κ1) is 15.2. The van der Waals surface area contributed by atoms with E-state index in [2.05, 4.69) is 0 Å². The second-order valence-electron chi connectivity index (χ2n) is 4.40. The highest BCUT2D eigenvalue weighted by atomic mass is 16.5. The van der Waals surface area contributed by atoms with Crippen LogP contribution in [-0.2, 0) is 0 Å². The van der Waals surface area contributed by atoms with Crippen LogP contribution >= 0.6 is 0 Å². The van der Waals surface area contributed by atoms with E-state index in [9.17, 15) is 25.2 Å². The third-order valence-electron chi connectivity index (χ3n) is 3.05. The maximum Gasteiger partial charge on any atom is 0.208 e. The van der Waals surface area contributed by atoms with Crippen LogP contribution in [0.2, 0.25) is 0 Å². The van der Waals surface area contributed by atoms with Crippen LogP contribution in [0.25, 0.3) is 6.08 Å². The Morgan fingerprint density at radius 2 is 1.55 bits per heavy atom. The Morgan fingerprint density at radius 3 is 2.14 bits per heavy atom. The Morgan fingerprint density at radius 1 is 0.955 bits per heavy atom. The lowest BCUT2D eigenvalue weighted by Crippen LogP contribution is -1.94. The number of phenols is 4. The number of carbonyl (C=O) groups is 1. The minimum absolute atomic E-state index is 0.125. The zero-order valence-electron chi connectivity index (χ0n) is 11.6. The van der Waals surface area contributed by atoms with Crippen LogP contribution in [-0.4, -0.2) is 33.3 Å². The average molecular weight is 302 g/mol. The summed E-state index contributed by atoms with van der Waals surface area (Å²) in [4.78, 5) is 12.0. The van der Waals surface area contributed by atoms with Crippen molar-refractivity contribution in [2.75, 3.05) is 7.11 Å². The molecule has 22 heavy (non-hydrogen) atoms. The number of rotatable bonds is 4. The smallest absolute Gasteiger partial charge is 0.208 e. The maximum absolute atomic E-state index is 12.0. The number of aromatic hydroxyl groups is 4. The minimum Gasteiger partial charge on any atom is -0.504 e. The first-order valence-electron chi connectivity index (χ1n) is 6.28. The van der Waals surface area contributed by atoms with Gasteiger partial charge in [0.15, 0.2) is 17.3 Å². The van der Waals surface area contributed by atoms with Crippen LogP contribution < -0.4 is 4.74 Å². The zero-order chi connectivity index (χ0) is 16.3. The van der Waals surface area contributed by atoms with Crippen LogP contribution in [0.4, 0.5) is 0 Å². The monoisotopic (exact) mass is 302 g/mol. The molecule has 0 aliphatic carbocycles. The van der Waals surface area contributed by atoms with Crippen molar-refractivity contribution >= 4 is 11.9 Å². The van der Waals surface area contributed by atoms with Gasteiger partial charge in [-0.2, -0.15) is 0 Å². The summed E-state index contributed by atoms with van der Waals surface area (Å²) >= 11 is 0. The Bertz CT molecular complexity index is 734. The molecule has 0 aliphatic heterocycles. The fraction of sp³-hybridized carbons (Fsp3) is 0.0625. The van der Waals surface area contributed by atoms with Crippen molar-refractivity contribution in [3.8, 4) is 28.7 Å². The first-order valence-corrected chi connectivity index (χ1v) is 6.28. The van der Waals surface area contributed by atoms with Gasteiger partial charge in [0.05, 0.1) is 12.7 Å². The number of benzene rings is 2. The molecule has 0 atom stereocenters. The molecule has 0 saturated heterocycles.